The number of sulfonamides is 1. The SMILES string of the molecule is Cc1ccc(-c2ccn(-c3ccc(S(N)(=O)=O)cc3-n3ccc(-c4ccc(C)cc4)n3)n2)cc1. The van der Waals surface area contributed by atoms with Gasteiger partial charge in [0.2, 0.25) is 10.0 Å². The third kappa shape index (κ3) is 4.28. The number of nitrogens with two attached hydrogens (primary N) is 1. The topological polar surface area (TPSA) is 95.8 Å². The Labute approximate surface area is 198 Å². The van der Waals surface area contributed by atoms with Gasteiger partial charge in [-0.2, -0.15) is 10.2 Å². The number of aromatic nitrogens is 4. The van der Waals surface area contributed by atoms with Crippen LogP contribution in [0.15, 0.2) is 96.2 Å². The summed E-state index contributed by atoms with van der Waals surface area (Å²) in [6.45, 7) is 4.07. The van der Waals surface area contributed by atoms with E-state index >= 15 is 0 Å². The predicted octanol–water partition coefficient (Wildman–Crippen LogP) is 4.66. The lowest BCUT2D eigenvalue weighted by molar-refractivity contribution is 0.597. The van der Waals surface area contributed by atoms with Gasteiger partial charge in [0.05, 0.1) is 27.7 Å². The van der Waals surface area contributed by atoms with Crippen molar-refractivity contribution in [3.8, 4) is 33.9 Å². The maximum absolute atomic E-state index is 12.1. The van der Waals surface area contributed by atoms with Crippen molar-refractivity contribution >= 4 is 10.0 Å². The molecule has 0 atom stereocenters. The average Bonchev–Trinajstić information content (AvgIpc) is 3.50. The minimum Gasteiger partial charge on any atom is -0.238 e. The molecule has 5 aromatic rings. The van der Waals surface area contributed by atoms with Crippen molar-refractivity contribution in [1.29, 1.82) is 0 Å². The lowest BCUT2D eigenvalue weighted by Crippen LogP contribution is -2.14. The zero-order valence-electron chi connectivity index (χ0n) is 18.8. The van der Waals surface area contributed by atoms with Crippen molar-refractivity contribution in [1.82, 2.24) is 19.6 Å². The molecule has 34 heavy (non-hydrogen) atoms. The van der Waals surface area contributed by atoms with Crippen LogP contribution in [0.2, 0.25) is 0 Å². The lowest BCUT2D eigenvalue weighted by Gasteiger charge is -2.12. The zero-order chi connectivity index (χ0) is 23.9. The molecule has 0 amide bonds. The van der Waals surface area contributed by atoms with Gasteiger partial charge in [-0.15, -0.1) is 0 Å². The molecule has 0 aliphatic carbocycles. The summed E-state index contributed by atoms with van der Waals surface area (Å²) in [5, 5.41) is 14.8. The summed E-state index contributed by atoms with van der Waals surface area (Å²) in [6.07, 6.45) is 3.64. The number of hydrogen-bond acceptors (Lipinski definition) is 4. The van der Waals surface area contributed by atoms with E-state index in [-0.39, 0.29) is 4.90 Å². The quantitative estimate of drug-likeness (QED) is 0.405. The van der Waals surface area contributed by atoms with Gasteiger partial charge < -0.3 is 0 Å². The molecule has 2 heterocycles. The Bertz CT molecular complexity index is 1580. The summed E-state index contributed by atoms with van der Waals surface area (Å²) in [5.74, 6) is 0. The first kappa shape index (κ1) is 21.8. The van der Waals surface area contributed by atoms with Crippen molar-refractivity contribution in [2.75, 3.05) is 0 Å². The molecule has 0 bridgehead atoms. The highest BCUT2D eigenvalue weighted by Gasteiger charge is 2.16. The van der Waals surface area contributed by atoms with E-state index in [2.05, 4.69) is 0 Å². The van der Waals surface area contributed by atoms with Crippen molar-refractivity contribution in [2.45, 2.75) is 18.7 Å². The number of primary sulfonamides is 1. The Morgan fingerprint density at radius 1 is 0.647 bits per heavy atom. The molecule has 8 heteroatoms. The molecule has 0 aliphatic rings. The summed E-state index contributed by atoms with van der Waals surface area (Å²) in [5.41, 5.74) is 7.09. The predicted molar refractivity (Wildman–Crippen MR) is 132 cm³/mol. The van der Waals surface area contributed by atoms with Gasteiger partial charge in [-0.1, -0.05) is 59.7 Å². The van der Waals surface area contributed by atoms with Gasteiger partial charge in [0.15, 0.2) is 0 Å². The Balaban J connectivity index is 1.61. The molecule has 2 N–H and O–H groups in total. The maximum atomic E-state index is 12.1. The number of rotatable bonds is 5. The first-order valence-corrected chi connectivity index (χ1v) is 12.3. The highest BCUT2D eigenvalue weighted by molar-refractivity contribution is 7.89. The van der Waals surface area contributed by atoms with Gasteiger partial charge >= 0.3 is 0 Å². The molecule has 0 aliphatic heterocycles. The van der Waals surface area contributed by atoms with Crippen LogP contribution in [0.1, 0.15) is 11.1 Å². The normalized spacial score (nSPS) is 11.6. The fourth-order valence-electron chi connectivity index (χ4n) is 3.73. The van der Waals surface area contributed by atoms with E-state index < -0.39 is 10.0 Å². The zero-order valence-corrected chi connectivity index (χ0v) is 19.6. The van der Waals surface area contributed by atoms with Crippen LogP contribution in [0.25, 0.3) is 33.9 Å². The first-order chi connectivity index (χ1) is 16.3. The Kier molecular flexibility index (Phi) is 5.39. The summed E-state index contributed by atoms with van der Waals surface area (Å²) in [6, 6.07) is 24.7. The molecule has 0 unspecified atom stereocenters. The van der Waals surface area contributed by atoms with E-state index in [1.165, 1.54) is 17.7 Å². The fraction of sp³-hybridized carbons (Fsp3) is 0.0769. The van der Waals surface area contributed by atoms with Crippen molar-refractivity contribution in [3.63, 3.8) is 0 Å². The molecule has 0 spiro atoms. The second-order valence-electron chi connectivity index (χ2n) is 8.22. The smallest absolute Gasteiger partial charge is 0.238 e. The number of benzene rings is 3. The van der Waals surface area contributed by atoms with Crippen LogP contribution in [0.5, 0.6) is 0 Å². The average molecular weight is 470 g/mol. The van der Waals surface area contributed by atoms with E-state index in [1.807, 2.05) is 80.7 Å². The largest absolute Gasteiger partial charge is 0.238 e. The van der Waals surface area contributed by atoms with Gasteiger partial charge in [0.25, 0.3) is 0 Å². The molecule has 170 valence electrons. The Hall–Kier alpha value is -4.01. The molecule has 7 nitrogen and oxygen atoms in total. The molecular formula is C26H23N5O2S. The monoisotopic (exact) mass is 469 g/mol. The number of aryl methyl sites for hydroxylation is 2. The van der Waals surface area contributed by atoms with E-state index in [0.29, 0.717) is 11.4 Å². The fourth-order valence-corrected chi connectivity index (χ4v) is 4.26. The van der Waals surface area contributed by atoms with Crippen molar-refractivity contribution in [2.24, 2.45) is 5.14 Å². The van der Waals surface area contributed by atoms with Crippen LogP contribution in [0.3, 0.4) is 0 Å². The minimum atomic E-state index is -3.90. The van der Waals surface area contributed by atoms with Gasteiger partial charge in [0, 0.05) is 23.5 Å². The highest BCUT2D eigenvalue weighted by atomic mass is 32.2. The second kappa shape index (κ2) is 8.40. The molecule has 0 saturated carbocycles. The van der Waals surface area contributed by atoms with Gasteiger partial charge in [0.1, 0.15) is 0 Å². The second-order valence-corrected chi connectivity index (χ2v) is 9.78. The molecule has 0 saturated heterocycles. The molecule has 2 aromatic heterocycles. The Morgan fingerprint density at radius 2 is 1.12 bits per heavy atom. The molecule has 3 aromatic carbocycles. The van der Waals surface area contributed by atoms with Crippen LogP contribution in [-0.4, -0.2) is 28.0 Å². The Morgan fingerprint density at radius 3 is 1.59 bits per heavy atom. The van der Waals surface area contributed by atoms with Crippen LogP contribution in [0, 0.1) is 13.8 Å². The molecule has 0 radical (unpaired) electrons. The summed E-state index contributed by atoms with van der Waals surface area (Å²) in [7, 11) is -3.90. The van der Waals surface area contributed by atoms with Gasteiger partial charge in [-0.3, -0.25) is 0 Å². The van der Waals surface area contributed by atoms with E-state index in [1.54, 1.807) is 21.6 Å². The number of nitrogens with zero attached hydrogens (tertiary/aromatic N) is 4. The van der Waals surface area contributed by atoms with Crippen LogP contribution in [-0.2, 0) is 10.0 Å². The van der Waals surface area contributed by atoms with E-state index in [9.17, 15) is 8.42 Å². The van der Waals surface area contributed by atoms with Crippen molar-refractivity contribution in [3.05, 3.63) is 102 Å². The third-order valence-electron chi connectivity index (χ3n) is 5.64. The first-order valence-electron chi connectivity index (χ1n) is 10.7. The lowest BCUT2D eigenvalue weighted by atomic mass is 10.1. The highest BCUT2D eigenvalue weighted by Crippen LogP contribution is 2.26. The minimum absolute atomic E-state index is 0.00421. The standard InChI is InChI=1S/C26H23N5O2S/c1-18-3-7-20(8-4-18)23-13-15-30(28-23)25-12-11-22(34(27,32)33)17-26(25)31-16-14-24(29-31)21-9-5-19(2)6-10-21/h3-17H,1-2H3,(H2,27,32,33). The van der Waals surface area contributed by atoms with Gasteiger partial charge in [-0.25, -0.2) is 22.9 Å². The molecular weight excluding hydrogens is 446 g/mol. The molecule has 5 rings (SSSR count). The summed E-state index contributed by atoms with van der Waals surface area (Å²) >= 11 is 0. The van der Waals surface area contributed by atoms with Gasteiger partial charge in [-0.05, 0) is 44.2 Å². The maximum Gasteiger partial charge on any atom is 0.238 e. The van der Waals surface area contributed by atoms with Crippen LogP contribution in [0.4, 0.5) is 0 Å². The summed E-state index contributed by atoms with van der Waals surface area (Å²) in [4.78, 5) is 0.00421. The van der Waals surface area contributed by atoms with E-state index in [0.717, 1.165) is 28.1 Å². The van der Waals surface area contributed by atoms with Crippen LogP contribution < -0.4 is 5.14 Å². The molecule has 0 fully saturated rings. The number of hydrogen-bond donors (Lipinski definition) is 1. The van der Waals surface area contributed by atoms with E-state index in [4.69, 9.17) is 15.3 Å². The summed E-state index contributed by atoms with van der Waals surface area (Å²) < 4.78 is 27.5. The third-order valence-corrected chi connectivity index (χ3v) is 6.55. The van der Waals surface area contributed by atoms with Crippen LogP contribution >= 0.6 is 0 Å². The van der Waals surface area contributed by atoms with Crippen molar-refractivity contribution < 1.29 is 8.42 Å².